The molecular formula is C17H10ClF3N4OS2. The van der Waals surface area contributed by atoms with Crippen molar-refractivity contribution in [1.82, 2.24) is 14.6 Å². The molecule has 5 nitrogen and oxygen atoms in total. The molecule has 0 aliphatic rings. The molecule has 0 saturated carbocycles. The van der Waals surface area contributed by atoms with Gasteiger partial charge < -0.3 is 5.32 Å². The Morgan fingerprint density at radius 3 is 2.75 bits per heavy atom. The van der Waals surface area contributed by atoms with Crippen LogP contribution in [0.3, 0.4) is 0 Å². The van der Waals surface area contributed by atoms with Crippen LogP contribution >= 0.6 is 34.7 Å². The standard InChI is InChI=1S/C17H10ClF3N4OS2/c18-10-5-3-4-9(17(19,20)21)14(10)22-13(26)8-27-15-23-24-16-25(15)11-6-1-2-7-12(11)28-16/h1-7H,8H2,(H,22,26). The Balaban J connectivity index is 1.54. The van der Waals surface area contributed by atoms with Gasteiger partial charge in [-0.2, -0.15) is 13.2 Å². The lowest BCUT2D eigenvalue weighted by Gasteiger charge is -2.14. The molecule has 2 heterocycles. The molecule has 0 unspecified atom stereocenters. The highest BCUT2D eigenvalue weighted by Gasteiger charge is 2.34. The number of aromatic nitrogens is 3. The van der Waals surface area contributed by atoms with Crippen molar-refractivity contribution in [1.29, 1.82) is 0 Å². The SMILES string of the molecule is O=C(CSc1nnc2sc3ccccc3n12)Nc1c(Cl)cccc1C(F)(F)F. The maximum Gasteiger partial charge on any atom is 0.418 e. The molecule has 1 amide bonds. The third-order valence-corrected chi connectivity index (χ3v) is 6.08. The number of halogens is 4. The van der Waals surface area contributed by atoms with Crippen LogP contribution in [0.5, 0.6) is 0 Å². The Labute approximate surface area is 169 Å². The van der Waals surface area contributed by atoms with Crippen LogP contribution in [0.1, 0.15) is 5.56 Å². The van der Waals surface area contributed by atoms with Crippen LogP contribution in [0, 0.1) is 0 Å². The van der Waals surface area contributed by atoms with E-state index in [-0.39, 0.29) is 10.8 Å². The second-order valence-corrected chi connectivity index (χ2v) is 8.03. The first-order valence-electron chi connectivity index (χ1n) is 7.85. The maximum absolute atomic E-state index is 13.1. The van der Waals surface area contributed by atoms with Crippen LogP contribution in [-0.2, 0) is 11.0 Å². The highest BCUT2D eigenvalue weighted by Crippen LogP contribution is 2.38. The number of thioether (sulfide) groups is 1. The van der Waals surface area contributed by atoms with Gasteiger partial charge in [0.25, 0.3) is 0 Å². The van der Waals surface area contributed by atoms with E-state index in [1.54, 1.807) is 0 Å². The monoisotopic (exact) mass is 442 g/mol. The second-order valence-electron chi connectivity index (χ2n) is 5.67. The molecule has 1 N–H and O–H groups in total. The Bertz CT molecular complexity index is 1190. The molecule has 0 aliphatic carbocycles. The molecule has 11 heteroatoms. The van der Waals surface area contributed by atoms with Crippen LogP contribution < -0.4 is 5.32 Å². The Kier molecular flexibility index (Phi) is 4.94. The first-order chi connectivity index (χ1) is 13.3. The Morgan fingerprint density at radius 2 is 1.96 bits per heavy atom. The van der Waals surface area contributed by atoms with Crippen molar-refractivity contribution < 1.29 is 18.0 Å². The number of thiazole rings is 1. The van der Waals surface area contributed by atoms with Crippen molar-refractivity contribution in [3.63, 3.8) is 0 Å². The third-order valence-electron chi connectivity index (χ3n) is 3.83. The molecule has 4 rings (SSSR count). The predicted octanol–water partition coefficient (Wildman–Crippen LogP) is 5.35. The smallest absolute Gasteiger partial charge is 0.324 e. The van der Waals surface area contributed by atoms with Crippen molar-refractivity contribution in [3.8, 4) is 0 Å². The number of hydrogen-bond donors (Lipinski definition) is 1. The summed E-state index contributed by atoms with van der Waals surface area (Å²) in [6.45, 7) is 0. The van der Waals surface area contributed by atoms with E-state index in [2.05, 4.69) is 15.5 Å². The minimum Gasteiger partial charge on any atom is -0.324 e. The number of fused-ring (bicyclic) bond motifs is 3. The molecule has 2 aromatic carbocycles. The van der Waals surface area contributed by atoms with E-state index in [1.165, 1.54) is 23.5 Å². The number of carbonyl (C=O) groups excluding carboxylic acids is 1. The molecule has 0 spiro atoms. The molecule has 0 bridgehead atoms. The van der Waals surface area contributed by atoms with Gasteiger partial charge >= 0.3 is 6.18 Å². The third kappa shape index (κ3) is 3.54. The molecule has 2 aromatic heterocycles. The average molecular weight is 443 g/mol. The topological polar surface area (TPSA) is 59.3 Å². The molecule has 28 heavy (non-hydrogen) atoms. The summed E-state index contributed by atoms with van der Waals surface area (Å²) in [5, 5.41) is 10.7. The zero-order chi connectivity index (χ0) is 19.9. The number of benzene rings is 2. The molecule has 144 valence electrons. The predicted molar refractivity (Wildman–Crippen MR) is 104 cm³/mol. The van der Waals surface area contributed by atoms with Crippen LogP contribution in [0.15, 0.2) is 47.6 Å². The molecular weight excluding hydrogens is 433 g/mol. The quantitative estimate of drug-likeness (QED) is 0.433. The van der Waals surface area contributed by atoms with Gasteiger partial charge in [-0.25, -0.2) is 0 Å². The largest absolute Gasteiger partial charge is 0.418 e. The minimum absolute atomic E-state index is 0.145. The summed E-state index contributed by atoms with van der Waals surface area (Å²) >= 11 is 8.40. The van der Waals surface area contributed by atoms with Gasteiger partial charge in [0.1, 0.15) is 0 Å². The summed E-state index contributed by atoms with van der Waals surface area (Å²) < 4.78 is 42.3. The highest BCUT2D eigenvalue weighted by atomic mass is 35.5. The van der Waals surface area contributed by atoms with E-state index in [1.807, 2.05) is 28.7 Å². The van der Waals surface area contributed by atoms with Gasteiger partial charge in [-0.15, -0.1) is 10.2 Å². The van der Waals surface area contributed by atoms with Crippen LogP contribution in [0.25, 0.3) is 15.2 Å². The van der Waals surface area contributed by atoms with E-state index in [0.717, 1.165) is 28.0 Å². The van der Waals surface area contributed by atoms with Gasteiger partial charge in [-0.1, -0.05) is 52.9 Å². The Morgan fingerprint density at radius 1 is 1.18 bits per heavy atom. The van der Waals surface area contributed by atoms with E-state index >= 15 is 0 Å². The van der Waals surface area contributed by atoms with E-state index in [0.29, 0.717) is 10.1 Å². The summed E-state index contributed by atoms with van der Waals surface area (Å²) in [5.41, 5.74) is -0.539. The van der Waals surface area contributed by atoms with E-state index in [4.69, 9.17) is 11.6 Å². The lowest BCUT2D eigenvalue weighted by atomic mass is 10.1. The number of nitrogens with one attached hydrogen (secondary N) is 1. The summed E-state index contributed by atoms with van der Waals surface area (Å²) in [5.74, 6) is -0.770. The van der Waals surface area contributed by atoms with Crippen molar-refractivity contribution in [2.75, 3.05) is 11.1 Å². The van der Waals surface area contributed by atoms with Crippen molar-refractivity contribution in [3.05, 3.63) is 53.1 Å². The number of amides is 1. The minimum atomic E-state index is -4.63. The molecule has 0 saturated heterocycles. The maximum atomic E-state index is 13.1. The number of rotatable bonds is 4. The number of hydrogen-bond acceptors (Lipinski definition) is 5. The number of para-hydroxylation sites is 2. The van der Waals surface area contributed by atoms with Gasteiger partial charge in [0.15, 0.2) is 5.16 Å². The summed E-state index contributed by atoms with van der Waals surface area (Å²) in [7, 11) is 0. The summed E-state index contributed by atoms with van der Waals surface area (Å²) in [6, 6.07) is 11.0. The van der Waals surface area contributed by atoms with E-state index < -0.39 is 23.3 Å². The zero-order valence-electron chi connectivity index (χ0n) is 13.8. The van der Waals surface area contributed by atoms with Crippen LogP contribution in [-0.4, -0.2) is 26.3 Å². The first kappa shape index (κ1) is 19.0. The van der Waals surface area contributed by atoms with Crippen molar-refractivity contribution in [2.45, 2.75) is 11.3 Å². The van der Waals surface area contributed by atoms with Gasteiger partial charge in [0.2, 0.25) is 10.9 Å². The highest BCUT2D eigenvalue weighted by molar-refractivity contribution is 7.99. The molecule has 0 radical (unpaired) electrons. The molecule has 4 aromatic rings. The van der Waals surface area contributed by atoms with Gasteiger partial charge in [0, 0.05) is 0 Å². The normalized spacial score (nSPS) is 12.0. The number of anilines is 1. The van der Waals surface area contributed by atoms with Crippen molar-refractivity contribution in [2.24, 2.45) is 0 Å². The lowest BCUT2D eigenvalue weighted by molar-refractivity contribution is -0.137. The van der Waals surface area contributed by atoms with Crippen LogP contribution in [0.2, 0.25) is 5.02 Å². The zero-order valence-corrected chi connectivity index (χ0v) is 16.2. The summed E-state index contributed by atoms with van der Waals surface area (Å²) in [4.78, 5) is 12.9. The second kappa shape index (κ2) is 7.26. The number of alkyl halides is 3. The molecule has 0 atom stereocenters. The first-order valence-corrected chi connectivity index (χ1v) is 10.0. The Hall–Kier alpha value is -2.30. The number of carbonyl (C=O) groups is 1. The summed E-state index contributed by atoms with van der Waals surface area (Å²) in [6.07, 6.45) is -4.63. The lowest BCUT2D eigenvalue weighted by Crippen LogP contribution is -2.18. The fraction of sp³-hybridized carbons (Fsp3) is 0.118. The molecule has 0 aliphatic heterocycles. The average Bonchev–Trinajstić information content (AvgIpc) is 3.20. The van der Waals surface area contributed by atoms with E-state index in [9.17, 15) is 18.0 Å². The van der Waals surface area contributed by atoms with Crippen LogP contribution in [0.4, 0.5) is 18.9 Å². The van der Waals surface area contributed by atoms with Crippen molar-refractivity contribution >= 4 is 61.5 Å². The van der Waals surface area contributed by atoms with Gasteiger partial charge in [0.05, 0.1) is 32.2 Å². The fourth-order valence-electron chi connectivity index (χ4n) is 2.64. The molecule has 0 fully saturated rings. The number of nitrogens with zero attached hydrogens (tertiary/aromatic N) is 3. The van der Waals surface area contributed by atoms with Gasteiger partial charge in [-0.3, -0.25) is 9.20 Å². The van der Waals surface area contributed by atoms with Gasteiger partial charge in [-0.05, 0) is 24.3 Å². The fourth-order valence-corrected chi connectivity index (χ4v) is 4.63.